The molecule has 3 aromatic rings. The minimum absolute atomic E-state index is 0.0777. The number of benzene rings is 3. The lowest BCUT2D eigenvalue weighted by atomic mass is 10.00. The molecule has 1 fully saturated rings. The number of hydrogen-bond acceptors (Lipinski definition) is 6. The maximum atomic E-state index is 12.8. The lowest BCUT2D eigenvalue weighted by Gasteiger charge is -2.32. The number of nitrogens with zero attached hydrogens (tertiary/aromatic N) is 1. The molecular formula is C29H31N3O5. The van der Waals surface area contributed by atoms with E-state index in [2.05, 4.69) is 15.8 Å². The van der Waals surface area contributed by atoms with Crippen LogP contribution in [0.25, 0.3) is 0 Å². The molecule has 0 bridgehead atoms. The van der Waals surface area contributed by atoms with Crippen molar-refractivity contribution in [1.29, 1.82) is 0 Å². The van der Waals surface area contributed by atoms with E-state index in [-0.39, 0.29) is 12.4 Å². The second kappa shape index (κ2) is 12.3. The van der Waals surface area contributed by atoms with Crippen molar-refractivity contribution in [3.63, 3.8) is 0 Å². The van der Waals surface area contributed by atoms with Crippen molar-refractivity contribution >= 4 is 17.6 Å². The Morgan fingerprint density at radius 3 is 2.49 bits per heavy atom. The topological polar surface area (TPSA) is 97.0 Å². The van der Waals surface area contributed by atoms with E-state index in [9.17, 15) is 14.4 Å². The second-order valence-corrected chi connectivity index (χ2v) is 9.09. The summed E-state index contributed by atoms with van der Waals surface area (Å²) in [5.41, 5.74) is 8.86. The normalized spacial score (nSPS) is 15.6. The van der Waals surface area contributed by atoms with Gasteiger partial charge in [0.05, 0.1) is 6.61 Å². The van der Waals surface area contributed by atoms with Crippen LogP contribution in [0.3, 0.4) is 0 Å². The maximum Gasteiger partial charge on any atom is 0.276 e. The molecule has 8 nitrogen and oxygen atoms in total. The third-order valence-electron chi connectivity index (χ3n) is 6.09. The average Bonchev–Trinajstić information content (AvgIpc) is 2.91. The lowest BCUT2D eigenvalue weighted by molar-refractivity contribution is -0.142. The van der Waals surface area contributed by atoms with Gasteiger partial charge in [0.1, 0.15) is 5.75 Å². The fourth-order valence-electron chi connectivity index (χ4n) is 4.14. The smallest absolute Gasteiger partial charge is 0.276 e. The zero-order valence-electron chi connectivity index (χ0n) is 21.0. The first-order chi connectivity index (χ1) is 17.9. The predicted octanol–water partition coefficient (Wildman–Crippen LogP) is 2.96. The summed E-state index contributed by atoms with van der Waals surface area (Å²) in [5.74, 6) is -0.522. The number of ether oxygens (including phenoxy) is 2. The molecular weight excluding hydrogens is 470 g/mol. The van der Waals surface area contributed by atoms with E-state index in [0.717, 1.165) is 29.8 Å². The van der Waals surface area contributed by atoms with E-state index < -0.39 is 17.9 Å². The number of hydrogen-bond donors (Lipinski definition) is 2. The standard InChI is InChI=1S/C29H31N3O5/c1-20-7-6-10-23(15-20)28(34)24-11-12-25(21(2)16-24)37-19-27(33)30-31-29(35)26-18-32(13-14-36-26)17-22-8-4-3-5-9-22/h3-12,15-16,26H,13-14,17-19H2,1-2H3,(H,30,33)(H,31,35). The molecule has 2 N–H and O–H groups in total. The van der Waals surface area contributed by atoms with Crippen LogP contribution in [0.2, 0.25) is 0 Å². The fraction of sp³-hybridized carbons (Fsp3) is 0.276. The molecule has 4 rings (SSSR count). The number of carbonyl (C=O) groups is 3. The van der Waals surface area contributed by atoms with Crippen molar-refractivity contribution < 1.29 is 23.9 Å². The summed E-state index contributed by atoms with van der Waals surface area (Å²) in [4.78, 5) is 39.7. The Balaban J connectivity index is 1.23. The van der Waals surface area contributed by atoms with E-state index in [1.807, 2.05) is 62.4 Å². The van der Waals surface area contributed by atoms with E-state index in [4.69, 9.17) is 9.47 Å². The summed E-state index contributed by atoms with van der Waals surface area (Å²) in [5, 5.41) is 0. The van der Waals surface area contributed by atoms with Crippen LogP contribution < -0.4 is 15.6 Å². The van der Waals surface area contributed by atoms with Crippen LogP contribution in [0.5, 0.6) is 5.75 Å². The summed E-state index contributed by atoms with van der Waals surface area (Å²) >= 11 is 0. The molecule has 1 heterocycles. The Morgan fingerprint density at radius 2 is 1.73 bits per heavy atom. The first-order valence-corrected chi connectivity index (χ1v) is 12.2. The molecule has 0 radical (unpaired) electrons. The van der Waals surface area contributed by atoms with Gasteiger partial charge in [-0.3, -0.25) is 30.1 Å². The van der Waals surface area contributed by atoms with Crippen LogP contribution in [-0.2, 0) is 20.9 Å². The molecule has 1 aliphatic heterocycles. The number of rotatable bonds is 8. The van der Waals surface area contributed by atoms with Crippen LogP contribution >= 0.6 is 0 Å². The van der Waals surface area contributed by atoms with Gasteiger partial charge < -0.3 is 9.47 Å². The van der Waals surface area contributed by atoms with Gasteiger partial charge in [-0.2, -0.15) is 0 Å². The van der Waals surface area contributed by atoms with Crippen molar-refractivity contribution in [1.82, 2.24) is 15.8 Å². The number of nitrogens with one attached hydrogen (secondary N) is 2. The quantitative estimate of drug-likeness (QED) is 0.364. The Labute approximate surface area is 216 Å². The van der Waals surface area contributed by atoms with Crippen molar-refractivity contribution in [3.05, 3.63) is 101 Å². The number of amides is 2. The number of ketones is 1. The first kappa shape index (κ1) is 26.1. The summed E-state index contributed by atoms with van der Waals surface area (Å²) in [7, 11) is 0. The third kappa shape index (κ3) is 7.25. The highest BCUT2D eigenvalue weighted by molar-refractivity contribution is 6.09. The van der Waals surface area contributed by atoms with Gasteiger partial charge in [0, 0.05) is 30.8 Å². The molecule has 1 unspecified atom stereocenters. The summed E-state index contributed by atoms with van der Waals surface area (Å²) < 4.78 is 11.2. The zero-order valence-corrected chi connectivity index (χ0v) is 21.0. The van der Waals surface area contributed by atoms with E-state index in [0.29, 0.717) is 30.0 Å². The molecule has 0 aromatic heterocycles. The molecule has 0 saturated carbocycles. The number of hydrazine groups is 1. The fourth-order valence-corrected chi connectivity index (χ4v) is 4.14. The Hall–Kier alpha value is -4.01. The number of carbonyl (C=O) groups excluding carboxylic acids is 3. The molecule has 37 heavy (non-hydrogen) atoms. The Morgan fingerprint density at radius 1 is 0.946 bits per heavy atom. The Bertz CT molecular complexity index is 1260. The minimum atomic E-state index is -0.681. The SMILES string of the molecule is Cc1cccc(C(=O)c2ccc(OCC(=O)NNC(=O)C3CN(Cc4ccccc4)CCO3)c(C)c2)c1. The Kier molecular flexibility index (Phi) is 8.66. The highest BCUT2D eigenvalue weighted by Gasteiger charge is 2.27. The lowest BCUT2D eigenvalue weighted by Crippen LogP contribution is -2.54. The van der Waals surface area contributed by atoms with Gasteiger partial charge in [-0.05, 0) is 49.2 Å². The highest BCUT2D eigenvalue weighted by Crippen LogP contribution is 2.21. The maximum absolute atomic E-state index is 12.8. The van der Waals surface area contributed by atoms with Gasteiger partial charge in [0.25, 0.3) is 11.8 Å². The molecule has 0 spiro atoms. The number of aryl methyl sites for hydroxylation is 2. The third-order valence-corrected chi connectivity index (χ3v) is 6.09. The van der Waals surface area contributed by atoms with Gasteiger partial charge in [-0.1, -0.05) is 54.1 Å². The van der Waals surface area contributed by atoms with Crippen molar-refractivity contribution in [2.75, 3.05) is 26.3 Å². The first-order valence-electron chi connectivity index (χ1n) is 12.2. The van der Waals surface area contributed by atoms with Gasteiger partial charge in [0.2, 0.25) is 0 Å². The molecule has 3 aromatic carbocycles. The number of morpholine rings is 1. The molecule has 2 amide bonds. The van der Waals surface area contributed by atoms with E-state index >= 15 is 0 Å². The summed E-state index contributed by atoms with van der Waals surface area (Å²) in [6.07, 6.45) is -0.681. The van der Waals surface area contributed by atoms with Crippen LogP contribution in [0.15, 0.2) is 72.8 Å². The van der Waals surface area contributed by atoms with Gasteiger partial charge >= 0.3 is 0 Å². The molecule has 1 aliphatic rings. The van der Waals surface area contributed by atoms with Crippen LogP contribution in [0.1, 0.15) is 32.6 Å². The van der Waals surface area contributed by atoms with Crippen LogP contribution in [0, 0.1) is 13.8 Å². The molecule has 192 valence electrons. The highest BCUT2D eigenvalue weighted by atomic mass is 16.5. The second-order valence-electron chi connectivity index (χ2n) is 9.09. The predicted molar refractivity (Wildman–Crippen MR) is 139 cm³/mol. The molecule has 8 heteroatoms. The largest absolute Gasteiger partial charge is 0.483 e. The van der Waals surface area contributed by atoms with E-state index in [1.54, 1.807) is 24.3 Å². The monoisotopic (exact) mass is 501 g/mol. The van der Waals surface area contributed by atoms with Crippen LogP contribution in [0.4, 0.5) is 0 Å². The molecule has 1 atom stereocenters. The van der Waals surface area contributed by atoms with E-state index in [1.165, 1.54) is 0 Å². The van der Waals surface area contributed by atoms with Gasteiger partial charge in [-0.25, -0.2) is 0 Å². The minimum Gasteiger partial charge on any atom is -0.483 e. The molecule has 1 saturated heterocycles. The zero-order chi connectivity index (χ0) is 26.2. The summed E-state index contributed by atoms with van der Waals surface area (Å²) in [6.45, 7) is 5.77. The van der Waals surface area contributed by atoms with Gasteiger partial charge in [0.15, 0.2) is 18.5 Å². The van der Waals surface area contributed by atoms with Crippen molar-refractivity contribution in [2.24, 2.45) is 0 Å². The van der Waals surface area contributed by atoms with Crippen molar-refractivity contribution in [2.45, 2.75) is 26.5 Å². The van der Waals surface area contributed by atoms with Crippen molar-refractivity contribution in [3.8, 4) is 5.75 Å². The molecule has 0 aliphatic carbocycles. The average molecular weight is 502 g/mol. The van der Waals surface area contributed by atoms with Crippen LogP contribution in [-0.4, -0.2) is 54.9 Å². The summed E-state index contributed by atoms with van der Waals surface area (Å²) in [6, 6.07) is 22.5. The van der Waals surface area contributed by atoms with Gasteiger partial charge in [-0.15, -0.1) is 0 Å².